The molecular weight excluding hydrogens is 130 g/mol. The zero-order valence-corrected chi connectivity index (χ0v) is 5.97. The molecule has 1 aromatic heterocycles. The van der Waals surface area contributed by atoms with E-state index in [2.05, 4.69) is 4.98 Å². The van der Waals surface area contributed by atoms with E-state index in [0.717, 1.165) is 0 Å². The highest BCUT2D eigenvalue weighted by atomic mass is 16.4. The van der Waals surface area contributed by atoms with E-state index in [1.807, 2.05) is 6.92 Å². The van der Waals surface area contributed by atoms with Crippen molar-refractivity contribution >= 4 is 6.29 Å². The highest BCUT2D eigenvalue weighted by molar-refractivity contribution is 5.72. The van der Waals surface area contributed by atoms with Crippen LogP contribution >= 0.6 is 0 Å². The molecule has 0 saturated heterocycles. The first-order valence-electron chi connectivity index (χ1n) is 3.12. The Morgan fingerprint density at radius 2 is 2.40 bits per heavy atom. The van der Waals surface area contributed by atoms with Gasteiger partial charge in [-0.2, -0.15) is 0 Å². The Balaban J connectivity index is 3.03. The molecule has 3 heteroatoms. The van der Waals surface area contributed by atoms with Gasteiger partial charge in [-0.15, -0.1) is 0 Å². The van der Waals surface area contributed by atoms with E-state index in [9.17, 15) is 4.79 Å². The van der Waals surface area contributed by atoms with E-state index in [1.54, 1.807) is 13.2 Å². The van der Waals surface area contributed by atoms with Gasteiger partial charge in [0.25, 0.3) is 6.29 Å². The third-order valence-electron chi connectivity index (χ3n) is 1.24. The number of rotatable bonds is 2. The SMILES string of the molecule is CCc1nc(C)c([C]=O)o1. The van der Waals surface area contributed by atoms with Crippen LogP contribution in [0.2, 0.25) is 0 Å². The van der Waals surface area contributed by atoms with Crippen molar-refractivity contribution in [3.63, 3.8) is 0 Å². The molecule has 0 atom stereocenters. The molecular formula is C7H8NO2. The van der Waals surface area contributed by atoms with Crippen LogP contribution in [-0.2, 0) is 11.2 Å². The summed E-state index contributed by atoms with van der Waals surface area (Å²) in [6, 6.07) is 0. The molecule has 1 rings (SSSR count). The minimum Gasteiger partial charge on any atom is -0.437 e. The average molecular weight is 138 g/mol. The molecule has 0 fully saturated rings. The van der Waals surface area contributed by atoms with Crippen LogP contribution < -0.4 is 0 Å². The Hall–Kier alpha value is -1.12. The van der Waals surface area contributed by atoms with Crippen LogP contribution in [0.4, 0.5) is 0 Å². The summed E-state index contributed by atoms with van der Waals surface area (Å²) in [5.41, 5.74) is 0.617. The van der Waals surface area contributed by atoms with Gasteiger partial charge in [0, 0.05) is 6.42 Å². The summed E-state index contributed by atoms with van der Waals surface area (Å²) in [5.74, 6) is 0.813. The second-order valence-electron chi connectivity index (χ2n) is 1.98. The lowest BCUT2D eigenvalue weighted by Crippen LogP contribution is -1.79. The van der Waals surface area contributed by atoms with E-state index in [0.29, 0.717) is 18.0 Å². The topological polar surface area (TPSA) is 43.1 Å². The molecule has 1 heterocycles. The van der Waals surface area contributed by atoms with Gasteiger partial charge < -0.3 is 4.42 Å². The van der Waals surface area contributed by atoms with Gasteiger partial charge in [-0.1, -0.05) is 6.92 Å². The number of aryl methyl sites for hydroxylation is 2. The molecule has 0 amide bonds. The average Bonchev–Trinajstić information content (AvgIpc) is 2.30. The highest BCUT2D eigenvalue weighted by Gasteiger charge is 2.06. The molecule has 0 unspecified atom stereocenters. The van der Waals surface area contributed by atoms with Crippen molar-refractivity contribution in [1.82, 2.24) is 4.98 Å². The molecule has 1 aromatic rings. The summed E-state index contributed by atoms with van der Waals surface area (Å²) in [5, 5.41) is 0. The smallest absolute Gasteiger partial charge is 0.273 e. The standard InChI is InChI=1S/C7H8NO2/c1-3-7-8-5(2)6(4-9)10-7/h3H2,1-2H3. The predicted octanol–water partition coefficient (Wildman–Crippen LogP) is 1.00. The lowest BCUT2D eigenvalue weighted by Gasteiger charge is -1.79. The Morgan fingerprint density at radius 3 is 2.70 bits per heavy atom. The van der Waals surface area contributed by atoms with E-state index >= 15 is 0 Å². The summed E-state index contributed by atoms with van der Waals surface area (Å²) in [7, 11) is 0. The number of hydrogen-bond acceptors (Lipinski definition) is 3. The molecule has 3 nitrogen and oxygen atoms in total. The van der Waals surface area contributed by atoms with Crippen molar-refractivity contribution in [2.24, 2.45) is 0 Å². The minimum atomic E-state index is 0.219. The van der Waals surface area contributed by atoms with E-state index in [1.165, 1.54) is 0 Å². The third-order valence-corrected chi connectivity index (χ3v) is 1.24. The third kappa shape index (κ3) is 1.07. The molecule has 10 heavy (non-hydrogen) atoms. The van der Waals surface area contributed by atoms with Gasteiger partial charge in [-0.3, -0.25) is 4.79 Å². The Labute approximate surface area is 59.1 Å². The van der Waals surface area contributed by atoms with E-state index in [4.69, 9.17) is 4.42 Å². The largest absolute Gasteiger partial charge is 0.437 e. The molecule has 53 valence electrons. The van der Waals surface area contributed by atoms with E-state index in [-0.39, 0.29) is 5.76 Å². The van der Waals surface area contributed by atoms with Crippen molar-refractivity contribution in [2.45, 2.75) is 20.3 Å². The van der Waals surface area contributed by atoms with Crippen LogP contribution in [0.1, 0.15) is 24.3 Å². The molecule has 0 aliphatic heterocycles. The summed E-state index contributed by atoms with van der Waals surface area (Å²) in [4.78, 5) is 14.1. The van der Waals surface area contributed by atoms with Crippen molar-refractivity contribution in [1.29, 1.82) is 0 Å². The number of hydrogen-bond donors (Lipinski definition) is 0. The van der Waals surface area contributed by atoms with Gasteiger partial charge >= 0.3 is 0 Å². The van der Waals surface area contributed by atoms with E-state index < -0.39 is 0 Å². The van der Waals surface area contributed by atoms with Crippen LogP contribution in [0.25, 0.3) is 0 Å². The monoisotopic (exact) mass is 138 g/mol. The van der Waals surface area contributed by atoms with Crippen LogP contribution in [-0.4, -0.2) is 11.3 Å². The molecule has 0 spiro atoms. The first-order valence-corrected chi connectivity index (χ1v) is 3.12. The fourth-order valence-electron chi connectivity index (χ4n) is 0.698. The maximum atomic E-state index is 10.1. The first kappa shape index (κ1) is 6.99. The second kappa shape index (κ2) is 2.64. The first-order chi connectivity index (χ1) is 4.77. The Kier molecular flexibility index (Phi) is 1.85. The number of oxazole rings is 1. The lowest BCUT2D eigenvalue weighted by atomic mass is 10.4. The normalized spacial score (nSPS) is 9.80. The zero-order chi connectivity index (χ0) is 7.56. The molecule has 0 saturated carbocycles. The molecule has 0 N–H and O–H groups in total. The van der Waals surface area contributed by atoms with Gasteiger partial charge in [-0.25, -0.2) is 4.98 Å². The maximum absolute atomic E-state index is 10.1. The fourth-order valence-corrected chi connectivity index (χ4v) is 0.698. The van der Waals surface area contributed by atoms with Gasteiger partial charge in [0.05, 0.1) is 5.69 Å². The summed E-state index contributed by atoms with van der Waals surface area (Å²) >= 11 is 0. The predicted molar refractivity (Wildman–Crippen MR) is 35.4 cm³/mol. The van der Waals surface area contributed by atoms with Crippen molar-refractivity contribution in [3.8, 4) is 0 Å². The molecule has 0 bridgehead atoms. The van der Waals surface area contributed by atoms with Gasteiger partial charge in [0.2, 0.25) is 5.76 Å². The van der Waals surface area contributed by atoms with Crippen LogP contribution in [0.15, 0.2) is 4.42 Å². The van der Waals surface area contributed by atoms with Crippen molar-refractivity contribution in [2.75, 3.05) is 0 Å². The summed E-state index contributed by atoms with van der Waals surface area (Å²) < 4.78 is 4.98. The Morgan fingerprint density at radius 1 is 1.70 bits per heavy atom. The lowest BCUT2D eigenvalue weighted by molar-refractivity contribution is 0.478. The van der Waals surface area contributed by atoms with Gasteiger partial charge in [0.15, 0.2) is 5.89 Å². The number of aromatic nitrogens is 1. The second-order valence-corrected chi connectivity index (χ2v) is 1.98. The quantitative estimate of drug-likeness (QED) is 0.612. The van der Waals surface area contributed by atoms with Crippen LogP contribution in [0.3, 0.4) is 0 Å². The highest BCUT2D eigenvalue weighted by Crippen LogP contribution is 2.06. The van der Waals surface area contributed by atoms with Gasteiger partial charge in [-0.05, 0) is 6.92 Å². The fraction of sp³-hybridized carbons (Fsp3) is 0.429. The summed E-state index contributed by atoms with van der Waals surface area (Å²) in [6.45, 7) is 3.64. The molecule has 1 radical (unpaired) electrons. The van der Waals surface area contributed by atoms with Crippen LogP contribution in [0.5, 0.6) is 0 Å². The maximum Gasteiger partial charge on any atom is 0.273 e. The molecule has 0 aromatic carbocycles. The molecule has 0 aliphatic rings. The van der Waals surface area contributed by atoms with Gasteiger partial charge in [0.1, 0.15) is 0 Å². The number of nitrogens with zero attached hydrogens (tertiary/aromatic N) is 1. The Bertz CT molecular complexity index is 240. The van der Waals surface area contributed by atoms with Crippen molar-refractivity contribution in [3.05, 3.63) is 17.3 Å². The zero-order valence-electron chi connectivity index (χ0n) is 5.97. The van der Waals surface area contributed by atoms with Crippen LogP contribution in [0, 0.1) is 6.92 Å². The minimum absolute atomic E-state index is 0.219. The molecule has 0 aliphatic carbocycles. The number of carbonyl (C=O) groups excluding carboxylic acids is 1. The summed E-state index contributed by atoms with van der Waals surface area (Å²) in [6.07, 6.45) is 2.38. The van der Waals surface area contributed by atoms with Crippen molar-refractivity contribution < 1.29 is 9.21 Å².